The van der Waals surface area contributed by atoms with Crippen molar-refractivity contribution in [1.29, 1.82) is 0 Å². The maximum Gasteiger partial charge on any atom is 0.0213 e. The third-order valence-electron chi connectivity index (χ3n) is 2.63. The standard InChI is InChI=1S/2C7H9.C2H7Si.ClH.Nd/c2*1-6-4-3-5-7(6)2;1-3-2;;/h2*3-5H,1-2H3;3H,1-2H3;1H;/q2*-1;;;. The van der Waals surface area contributed by atoms with E-state index in [1.165, 1.54) is 22.3 Å². The van der Waals surface area contributed by atoms with Gasteiger partial charge < -0.3 is 0 Å². The second-order valence-electron chi connectivity index (χ2n) is 4.36. The Balaban J connectivity index is -0.000000207. The van der Waals surface area contributed by atoms with Crippen molar-refractivity contribution in [2.45, 2.75) is 40.8 Å². The first-order valence-corrected chi connectivity index (χ1v) is 8.45. The Labute approximate surface area is 160 Å². The van der Waals surface area contributed by atoms with Crippen LogP contribution in [0.25, 0.3) is 0 Å². The van der Waals surface area contributed by atoms with Crippen LogP contribution in [-0.2, 0) is 0 Å². The topological polar surface area (TPSA) is 0 Å². The second-order valence-corrected chi connectivity index (χ2v) is 5.52. The molecule has 2 rings (SSSR count). The van der Waals surface area contributed by atoms with Gasteiger partial charge in [-0.05, 0) is 0 Å². The van der Waals surface area contributed by atoms with E-state index in [-0.39, 0.29) is 53.2 Å². The molecule has 0 aliphatic carbocycles. The van der Waals surface area contributed by atoms with Crippen LogP contribution >= 0.6 is 12.4 Å². The van der Waals surface area contributed by atoms with E-state index >= 15 is 0 Å². The Morgan fingerprint density at radius 3 is 1.11 bits per heavy atom. The summed E-state index contributed by atoms with van der Waals surface area (Å²) >= 11 is 0. The number of aryl methyl sites for hydroxylation is 4. The molecule has 0 bridgehead atoms. The van der Waals surface area contributed by atoms with E-state index < -0.39 is 0 Å². The van der Waals surface area contributed by atoms with Crippen LogP contribution in [0, 0.1) is 68.5 Å². The maximum atomic E-state index is 2.21. The third kappa shape index (κ3) is 12.0. The van der Waals surface area contributed by atoms with E-state index in [0.29, 0.717) is 0 Å². The summed E-state index contributed by atoms with van der Waals surface area (Å²) in [5.74, 6) is 0. The van der Waals surface area contributed by atoms with Gasteiger partial charge in [0.25, 0.3) is 0 Å². The normalized spacial score (nSPS) is 7.89. The fraction of sp³-hybridized carbons (Fsp3) is 0.375. The molecule has 0 aliphatic heterocycles. The molecule has 0 N–H and O–H groups in total. The van der Waals surface area contributed by atoms with Crippen molar-refractivity contribution >= 4 is 21.9 Å². The summed E-state index contributed by atoms with van der Waals surface area (Å²) in [5, 5.41) is 0. The fourth-order valence-corrected chi connectivity index (χ4v) is 1.20. The number of hydrogen-bond donors (Lipinski definition) is 0. The molecule has 0 nitrogen and oxygen atoms in total. The van der Waals surface area contributed by atoms with E-state index in [9.17, 15) is 0 Å². The SMILES string of the molecule is C[SiH]C.Cc1cc[cH-]c1C.Cc1cc[cH-]c1C.Cl.[Nd]. The summed E-state index contributed by atoms with van der Waals surface area (Å²) in [6.45, 7) is 12.9. The Morgan fingerprint density at radius 2 is 1.05 bits per heavy atom. The molecule has 0 fully saturated rings. The van der Waals surface area contributed by atoms with Crippen molar-refractivity contribution in [3.8, 4) is 0 Å². The minimum atomic E-state index is 0. The van der Waals surface area contributed by atoms with Crippen LogP contribution in [-0.4, -0.2) is 9.52 Å². The molecule has 0 atom stereocenters. The van der Waals surface area contributed by atoms with Crippen LogP contribution in [0.4, 0.5) is 0 Å². The van der Waals surface area contributed by atoms with Gasteiger partial charge in [-0.25, -0.2) is 12.1 Å². The van der Waals surface area contributed by atoms with Crippen LogP contribution < -0.4 is 0 Å². The quantitative estimate of drug-likeness (QED) is 0.412. The molecular formula is C16H26ClNdSi-2. The van der Waals surface area contributed by atoms with Gasteiger partial charge in [0, 0.05) is 50.4 Å². The largest absolute Gasteiger partial charge is 0.211 e. The summed E-state index contributed by atoms with van der Waals surface area (Å²) in [5.41, 5.74) is 5.56. The van der Waals surface area contributed by atoms with Gasteiger partial charge in [0.1, 0.15) is 0 Å². The Hall–Kier alpha value is 0.558. The first-order chi connectivity index (χ1) is 8.02. The summed E-state index contributed by atoms with van der Waals surface area (Å²) in [4.78, 5) is 0. The molecule has 0 aliphatic rings. The molecule has 19 heavy (non-hydrogen) atoms. The molecule has 2 aromatic rings. The smallest absolute Gasteiger partial charge is 0.0213 e. The van der Waals surface area contributed by atoms with Gasteiger partial charge in [-0.2, -0.15) is 46.5 Å². The van der Waals surface area contributed by atoms with Crippen LogP contribution in [0.2, 0.25) is 13.1 Å². The number of rotatable bonds is 0. The molecule has 3 heteroatoms. The maximum absolute atomic E-state index is 2.21. The average Bonchev–Trinajstić information content (AvgIpc) is 2.81. The van der Waals surface area contributed by atoms with Crippen LogP contribution in [0.3, 0.4) is 0 Å². The molecule has 2 aromatic carbocycles. The van der Waals surface area contributed by atoms with Crippen molar-refractivity contribution in [3.05, 3.63) is 58.7 Å². The monoisotopic (exact) mass is 423 g/mol. The number of hydrogen-bond acceptors (Lipinski definition) is 0. The van der Waals surface area contributed by atoms with Crippen molar-refractivity contribution in [2.75, 3.05) is 0 Å². The van der Waals surface area contributed by atoms with Gasteiger partial charge in [0.05, 0.1) is 0 Å². The van der Waals surface area contributed by atoms with Crippen LogP contribution in [0.15, 0.2) is 36.4 Å². The molecule has 0 saturated carbocycles. The molecule has 0 unspecified atom stereocenters. The van der Waals surface area contributed by atoms with Crippen molar-refractivity contribution in [2.24, 2.45) is 0 Å². The second kappa shape index (κ2) is 15.0. The van der Waals surface area contributed by atoms with E-state index in [4.69, 9.17) is 0 Å². The van der Waals surface area contributed by atoms with Gasteiger partial charge in [-0.15, -0.1) is 12.4 Å². The Bertz CT molecular complexity index is 333. The predicted molar refractivity (Wildman–Crippen MR) is 89.1 cm³/mol. The van der Waals surface area contributed by atoms with Crippen LogP contribution in [0.1, 0.15) is 22.3 Å². The van der Waals surface area contributed by atoms with Crippen molar-refractivity contribution in [3.63, 3.8) is 0 Å². The van der Waals surface area contributed by atoms with Crippen molar-refractivity contribution in [1.82, 2.24) is 0 Å². The van der Waals surface area contributed by atoms with E-state index in [1.54, 1.807) is 0 Å². The zero-order chi connectivity index (χ0) is 13.3. The summed E-state index contributed by atoms with van der Waals surface area (Å²) in [6, 6.07) is 12.6. The van der Waals surface area contributed by atoms with Crippen molar-refractivity contribution < 1.29 is 40.8 Å². The molecule has 0 aromatic heterocycles. The average molecular weight is 426 g/mol. The van der Waals surface area contributed by atoms with E-state index in [1.807, 2.05) is 0 Å². The summed E-state index contributed by atoms with van der Waals surface area (Å²) in [6.07, 6.45) is 0. The van der Waals surface area contributed by atoms with E-state index in [0.717, 1.165) is 9.52 Å². The van der Waals surface area contributed by atoms with Gasteiger partial charge in [-0.1, -0.05) is 40.8 Å². The first kappa shape index (κ1) is 24.6. The van der Waals surface area contributed by atoms with Gasteiger partial charge in [0.2, 0.25) is 0 Å². The summed E-state index contributed by atoms with van der Waals surface area (Å²) < 4.78 is 0. The van der Waals surface area contributed by atoms with Crippen LogP contribution in [0.5, 0.6) is 0 Å². The Morgan fingerprint density at radius 1 is 0.789 bits per heavy atom. The minimum absolute atomic E-state index is 0. The zero-order valence-corrected chi connectivity index (χ0v) is 18.1. The molecule has 107 valence electrons. The number of halogens is 1. The molecule has 0 heterocycles. The minimum Gasteiger partial charge on any atom is -0.211 e. The first-order valence-electron chi connectivity index (χ1n) is 6.14. The summed E-state index contributed by atoms with van der Waals surface area (Å²) in [7, 11) is 0.750. The molecular weight excluding hydrogens is 400 g/mol. The fourth-order valence-electron chi connectivity index (χ4n) is 1.20. The zero-order valence-electron chi connectivity index (χ0n) is 12.9. The van der Waals surface area contributed by atoms with E-state index in [2.05, 4.69) is 77.2 Å². The molecule has 0 spiro atoms. The third-order valence-corrected chi connectivity index (χ3v) is 2.63. The molecule has 0 amide bonds. The van der Waals surface area contributed by atoms with Gasteiger partial charge >= 0.3 is 0 Å². The molecule has 1 radical (unpaired) electrons. The molecule has 0 saturated heterocycles. The Kier molecular flexibility index (Phi) is 19.3. The van der Waals surface area contributed by atoms with Gasteiger partial charge in [-0.3, -0.25) is 0 Å². The predicted octanol–water partition coefficient (Wildman–Crippen LogP) is 4.99. The van der Waals surface area contributed by atoms with Gasteiger partial charge in [0.15, 0.2) is 0 Å².